The van der Waals surface area contributed by atoms with E-state index >= 15 is 0 Å². The Morgan fingerprint density at radius 1 is 1.33 bits per heavy atom. The van der Waals surface area contributed by atoms with Crippen molar-refractivity contribution in [1.29, 1.82) is 0 Å². The van der Waals surface area contributed by atoms with E-state index in [1.54, 1.807) is 4.90 Å². The molecule has 0 radical (unpaired) electrons. The van der Waals surface area contributed by atoms with E-state index in [0.717, 1.165) is 11.3 Å². The molecule has 2 N–H and O–H groups in total. The Balaban J connectivity index is 2.18. The summed E-state index contributed by atoms with van der Waals surface area (Å²) in [6.45, 7) is 4.08. The maximum atomic E-state index is 12.3. The molecule has 0 spiro atoms. The largest absolute Gasteiger partial charge is 0.324 e. The molecular weight excluding hydrogens is 224 g/mol. The van der Waals surface area contributed by atoms with Crippen LogP contribution in [0.3, 0.4) is 0 Å². The molecule has 1 aromatic carbocycles. The van der Waals surface area contributed by atoms with E-state index in [-0.39, 0.29) is 17.9 Å². The minimum absolute atomic E-state index is 0.0199. The number of anilines is 1. The van der Waals surface area contributed by atoms with Gasteiger partial charge in [-0.3, -0.25) is 4.79 Å². The van der Waals surface area contributed by atoms with Crippen LogP contribution in [0.5, 0.6) is 0 Å². The zero-order chi connectivity index (χ0) is 13.3. The lowest BCUT2D eigenvalue weighted by molar-refractivity contribution is -0.120. The van der Waals surface area contributed by atoms with E-state index < -0.39 is 0 Å². The van der Waals surface area contributed by atoms with Crippen LogP contribution in [0.1, 0.15) is 17.5 Å². The standard InChI is InChI=1S/C15H20N2O/c1-10-4-7-14(11(2)8-10)17(3)15(18)12-5-6-13(16)9-12/h4-8,12-13H,9,16H2,1-3H3. The molecule has 2 rings (SSSR count). The lowest BCUT2D eigenvalue weighted by Gasteiger charge is -2.22. The monoisotopic (exact) mass is 244 g/mol. The Kier molecular flexibility index (Phi) is 3.53. The smallest absolute Gasteiger partial charge is 0.233 e. The first-order valence-electron chi connectivity index (χ1n) is 6.28. The normalized spacial score (nSPS) is 22.2. The van der Waals surface area contributed by atoms with Crippen molar-refractivity contribution in [3.63, 3.8) is 0 Å². The predicted molar refractivity (Wildman–Crippen MR) is 74.5 cm³/mol. The third-order valence-corrected chi connectivity index (χ3v) is 3.48. The third kappa shape index (κ3) is 2.46. The highest BCUT2D eigenvalue weighted by Gasteiger charge is 2.26. The lowest BCUT2D eigenvalue weighted by Crippen LogP contribution is -2.33. The molecule has 2 unspecified atom stereocenters. The van der Waals surface area contributed by atoms with Gasteiger partial charge in [0.15, 0.2) is 0 Å². The molecule has 0 aliphatic heterocycles. The minimum Gasteiger partial charge on any atom is -0.324 e. The van der Waals surface area contributed by atoms with Crippen LogP contribution in [0.15, 0.2) is 30.4 Å². The number of carbonyl (C=O) groups is 1. The van der Waals surface area contributed by atoms with Gasteiger partial charge in [-0.2, -0.15) is 0 Å². The topological polar surface area (TPSA) is 46.3 Å². The average molecular weight is 244 g/mol. The van der Waals surface area contributed by atoms with E-state index in [1.807, 2.05) is 38.3 Å². The van der Waals surface area contributed by atoms with Crippen LogP contribution in [0.25, 0.3) is 0 Å². The average Bonchev–Trinajstić information content (AvgIpc) is 2.74. The summed E-state index contributed by atoms with van der Waals surface area (Å²) >= 11 is 0. The van der Waals surface area contributed by atoms with Crippen molar-refractivity contribution >= 4 is 11.6 Å². The lowest BCUT2D eigenvalue weighted by atomic mass is 10.0. The van der Waals surface area contributed by atoms with Crippen molar-refractivity contribution < 1.29 is 4.79 Å². The molecule has 1 amide bonds. The predicted octanol–water partition coefficient (Wildman–Crippen LogP) is 2.17. The maximum Gasteiger partial charge on any atom is 0.233 e. The fourth-order valence-electron chi connectivity index (χ4n) is 2.46. The number of carbonyl (C=O) groups excluding carboxylic acids is 1. The molecule has 18 heavy (non-hydrogen) atoms. The molecule has 1 aliphatic carbocycles. The summed E-state index contributed by atoms with van der Waals surface area (Å²) in [6, 6.07) is 6.14. The zero-order valence-corrected chi connectivity index (χ0v) is 11.2. The first-order chi connectivity index (χ1) is 8.49. The van der Waals surface area contributed by atoms with E-state index in [1.165, 1.54) is 5.56 Å². The summed E-state index contributed by atoms with van der Waals surface area (Å²) in [6.07, 6.45) is 4.56. The second-order valence-electron chi connectivity index (χ2n) is 5.08. The minimum atomic E-state index is -0.0781. The molecule has 3 nitrogen and oxygen atoms in total. The Morgan fingerprint density at radius 3 is 2.61 bits per heavy atom. The SMILES string of the molecule is Cc1ccc(N(C)C(=O)C2C=CC(N)C2)c(C)c1. The van der Waals surface area contributed by atoms with Crippen LogP contribution in [0.4, 0.5) is 5.69 Å². The van der Waals surface area contributed by atoms with Gasteiger partial charge in [-0.15, -0.1) is 0 Å². The highest BCUT2D eigenvalue weighted by Crippen LogP contribution is 2.25. The number of amides is 1. The van der Waals surface area contributed by atoms with Crippen LogP contribution < -0.4 is 10.6 Å². The fraction of sp³-hybridized carbons (Fsp3) is 0.400. The second-order valence-corrected chi connectivity index (χ2v) is 5.08. The molecule has 2 atom stereocenters. The summed E-state index contributed by atoms with van der Waals surface area (Å²) in [5, 5.41) is 0. The Bertz CT molecular complexity index is 493. The third-order valence-electron chi connectivity index (χ3n) is 3.48. The molecule has 96 valence electrons. The summed E-state index contributed by atoms with van der Waals surface area (Å²) in [4.78, 5) is 14.1. The van der Waals surface area contributed by atoms with Crippen molar-refractivity contribution in [2.24, 2.45) is 11.7 Å². The van der Waals surface area contributed by atoms with E-state index in [2.05, 4.69) is 13.0 Å². The molecule has 0 aromatic heterocycles. The van der Waals surface area contributed by atoms with Crippen molar-refractivity contribution in [2.75, 3.05) is 11.9 Å². The molecule has 0 saturated heterocycles. The van der Waals surface area contributed by atoms with Crippen molar-refractivity contribution in [3.05, 3.63) is 41.5 Å². The molecule has 0 saturated carbocycles. The molecule has 1 aromatic rings. The van der Waals surface area contributed by atoms with Gasteiger partial charge in [0.05, 0.1) is 5.92 Å². The summed E-state index contributed by atoms with van der Waals surface area (Å²) in [5.74, 6) is 0.0388. The molecule has 3 heteroatoms. The number of hydrogen-bond donors (Lipinski definition) is 1. The highest BCUT2D eigenvalue weighted by molar-refractivity contribution is 5.96. The number of aryl methyl sites for hydroxylation is 2. The van der Waals surface area contributed by atoms with Crippen LogP contribution in [-0.4, -0.2) is 19.0 Å². The summed E-state index contributed by atoms with van der Waals surface area (Å²) < 4.78 is 0. The summed E-state index contributed by atoms with van der Waals surface area (Å²) in [5.41, 5.74) is 9.10. The Morgan fingerprint density at radius 2 is 2.06 bits per heavy atom. The van der Waals surface area contributed by atoms with Gasteiger partial charge in [-0.25, -0.2) is 0 Å². The number of hydrogen-bond acceptors (Lipinski definition) is 2. The van der Waals surface area contributed by atoms with Gasteiger partial charge in [-0.05, 0) is 31.9 Å². The fourth-order valence-corrected chi connectivity index (χ4v) is 2.46. The van der Waals surface area contributed by atoms with Gasteiger partial charge in [-0.1, -0.05) is 29.8 Å². The second kappa shape index (κ2) is 4.94. The van der Waals surface area contributed by atoms with Crippen LogP contribution in [0.2, 0.25) is 0 Å². The van der Waals surface area contributed by atoms with Gasteiger partial charge in [0, 0.05) is 18.8 Å². The van der Waals surface area contributed by atoms with Crippen LogP contribution >= 0.6 is 0 Å². The molecule has 0 bridgehead atoms. The van der Waals surface area contributed by atoms with Crippen molar-refractivity contribution in [1.82, 2.24) is 0 Å². The maximum absolute atomic E-state index is 12.3. The molecule has 1 aliphatic rings. The van der Waals surface area contributed by atoms with E-state index in [0.29, 0.717) is 6.42 Å². The highest BCUT2D eigenvalue weighted by atomic mass is 16.2. The van der Waals surface area contributed by atoms with E-state index in [4.69, 9.17) is 5.73 Å². The van der Waals surface area contributed by atoms with Crippen LogP contribution in [0, 0.1) is 19.8 Å². The number of nitrogens with two attached hydrogens (primary N) is 1. The molecular formula is C15H20N2O. The number of rotatable bonds is 2. The van der Waals surface area contributed by atoms with Gasteiger partial charge < -0.3 is 10.6 Å². The number of benzene rings is 1. The van der Waals surface area contributed by atoms with Gasteiger partial charge in [0.25, 0.3) is 0 Å². The first-order valence-corrected chi connectivity index (χ1v) is 6.28. The zero-order valence-electron chi connectivity index (χ0n) is 11.2. The van der Waals surface area contributed by atoms with Crippen LogP contribution in [-0.2, 0) is 4.79 Å². The van der Waals surface area contributed by atoms with Crippen molar-refractivity contribution in [2.45, 2.75) is 26.3 Å². The quantitative estimate of drug-likeness (QED) is 0.810. The Labute approximate surface area is 108 Å². The molecule has 0 heterocycles. The van der Waals surface area contributed by atoms with E-state index in [9.17, 15) is 4.79 Å². The first kappa shape index (κ1) is 12.8. The van der Waals surface area contributed by atoms with Gasteiger partial charge in [0.1, 0.15) is 0 Å². The van der Waals surface area contributed by atoms with Crippen molar-refractivity contribution in [3.8, 4) is 0 Å². The van der Waals surface area contributed by atoms with Gasteiger partial charge >= 0.3 is 0 Å². The van der Waals surface area contributed by atoms with Gasteiger partial charge in [0.2, 0.25) is 5.91 Å². The Hall–Kier alpha value is -1.61. The number of nitrogens with zero attached hydrogens (tertiary/aromatic N) is 1. The molecule has 0 fully saturated rings. The summed E-state index contributed by atoms with van der Waals surface area (Å²) in [7, 11) is 1.83.